The van der Waals surface area contributed by atoms with Crippen LogP contribution in [-0.2, 0) is 0 Å². The van der Waals surface area contributed by atoms with Crippen LogP contribution in [0.3, 0.4) is 0 Å². The van der Waals surface area contributed by atoms with Crippen LogP contribution in [0.1, 0.15) is 41.0 Å². The van der Waals surface area contributed by atoms with Crippen LogP contribution in [0.15, 0.2) is 66.7 Å². The fourth-order valence-electron chi connectivity index (χ4n) is 3.00. The van der Waals surface area contributed by atoms with E-state index in [4.69, 9.17) is 9.47 Å². The Kier molecular flexibility index (Phi) is 7.40. The first kappa shape index (κ1) is 23.5. The lowest BCUT2D eigenvalue weighted by Crippen LogP contribution is -2.11. The molecule has 8 nitrogen and oxygen atoms in total. The highest BCUT2D eigenvalue weighted by atomic mass is 16.6. The van der Waals surface area contributed by atoms with Gasteiger partial charge >= 0.3 is 17.6 Å². The Bertz CT molecular complexity index is 1170. The van der Waals surface area contributed by atoms with Crippen LogP contribution in [0.4, 0.5) is 5.69 Å². The molecule has 0 saturated heterocycles. The number of nitrogens with zero attached hydrogens (tertiary/aromatic N) is 1. The molecule has 0 aliphatic carbocycles. The zero-order chi connectivity index (χ0) is 24.0. The topological polar surface area (TPSA) is 116 Å². The minimum Gasteiger partial charge on any atom is -0.487 e. The summed E-state index contributed by atoms with van der Waals surface area (Å²) in [5, 5.41) is 20.8. The molecule has 0 aromatic heterocycles. The molecule has 0 aliphatic rings. The number of para-hydroxylation sites is 1. The lowest BCUT2D eigenvalue weighted by atomic mass is 10.0. The summed E-state index contributed by atoms with van der Waals surface area (Å²) in [5.41, 5.74) is 1.21. The third-order valence-electron chi connectivity index (χ3n) is 5.15. The Balaban J connectivity index is 1.79. The number of rotatable bonds is 9. The second-order valence-electron chi connectivity index (χ2n) is 7.53. The van der Waals surface area contributed by atoms with Crippen LogP contribution in [0.5, 0.6) is 11.5 Å². The number of carbonyl (C=O) groups is 2. The molecule has 0 bridgehead atoms. The molecule has 0 spiro atoms. The molecule has 0 radical (unpaired) electrons. The maximum Gasteiger partial charge on any atom is 0.343 e. The Morgan fingerprint density at radius 2 is 1.67 bits per heavy atom. The van der Waals surface area contributed by atoms with E-state index in [0.717, 1.165) is 6.42 Å². The molecule has 3 rings (SSSR count). The molecule has 0 aliphatic heterocycles. The number of carboxylic acids is 1. The number of aromatic carboxylic acids is 1. The number of nitro benzene ring substituents is 1. The first-order valence-electron chi connectivity index (χ1n) is 10.4. The summed E-state index contributed by atoms with van der Waals surface area (Å²) in [5.74, 6) is -1.48. The SMILES string of the molecule is CCC(C)COc1ccc(-c2ccc(C(=O)Oc3ccccc3C(=O)O)cc2)cc1[N+](=O)[O-]. The van der Waals surface area contributed by atoms with Crippen molar-refractivity contribution < 1.29 is 29.1 Å². The highest BCUT2D eigenvalue weighted by Gasteiger charge is 2.19. The van der Waals surface area contributed by atoms with Crippen LogP contribution in [0.25, 0.3) is 11.1 Å². The predicted octanol–water partition coefficient (Wildman–Crippen LogP) is 5.60. The number of ether oxygens (including phenoxy) is 2. The Morgan fingerprint density at radius 1 is 1.00 bits per heavy atom. The van der Waals surface area contributed by atoms with Crippen molar-refractivity contribution in [3.8, 4) is 22.6 Å². The van der Waals surface area contributed by atoms with Gasteiger partial charge < -0.3 is 14.6 Å². The smallest absolute Gasteiger partial charge is 0.343 e. The average molecular weight is 449 g/mol. The van der Waals surface area contributed by atoms with Gasteiger partial charge in [-0.2, -0.15) is 0 Å². The van der Waals surface area contributed by atoms with Crippen LogP contribution in [0, 0.1) is 16.0 Å². The maximum absolute atomic E-state index is 12.5. The van der Waals surface area contributed by atoms with Crippen molar-refractivity contribution in [2.45, 2.75) is 20.3 Å². The van der Waals surface area contributed by atoms with Crippen LogP contribution < -0.4 is 9.47 Å². The Morgan fingerprint density at radius 3 is 2.30 bits per heavy atom. The predicted molar refractivity (Wildman–Crippen MR) is 122 cm³/mol. The molecular formula is C25H23NO7. The molecule has 3 aromatic carbocycles. The van der Waals surface area contributed by atoms with E-state index in [-0.39, 0.29) is 34.2 Å². The van der Waals surface area contributed by atoms with Gasteiger partial charge in [0.2, 0.25) is 0 Å². The van der Waals surface area contributed by atoms with Crippen molar-refractivity contribution >= 4 is 17.6 Å². The molecule has 1 atom stereocenters. The van der Waals surface area contributed by atoms with Gasteiger partial charge in [-0.25, -0.2) is 9.59 Å². The average Bonchev–Trinajstić information content (AvgIpc) is 2.82. The Labute approximate surface area is 190 Å². The second kappa shape index (κ2) is 10.4. The number of carboxylic acid groups (broad SMARTS) is 1. The van der Waals surface area contributed by atoms with E-state index in [1.165, 1.54) is 36.4 Å². The largest absolute Gasteiger partial charge is 0.487 e. The van der Waals surface area contributed by atoms with Crippen molar-refractivity contribution in [2.24, 2.45) is 5.92 Å². The summed E-state index contributed by atoms with van der Waals surface area (Å²) >= 11 is 0. The fraction of sp³-hybridized carbons (Fsp3) is 0.200. The minimum atomic E-state index is -1.20. The fourth-order valence-corrected chi connectivity index (χ4v) is 3.00. The number of hydrogen-bond donors (Lipinski definition) is 1. The van der Waals surface area contributed by atoms with Gasteiger partial charge in [-0.1, -0.05) is 50.6 Å². The third kappa shape index (κ3) is 5.74. The molecule has 0 saturated carbocycles. The van der Waals surface area contributed by atoms with E-state index >= 15 is 0 Å². The van der Waals surface area contributed by atoms with E-state index in [1.807, 2.05) is 13.8 Å². The molecule has 3 aromatic rings. The number of benzene rings is 3. The summed E-state index contributed by atoms with van der Waals surface area (Å²) in [7, 11) is 0. The first-order valence-corrected chi connectivity index (χ1v) is 10.4. The first-order chi connectivity index (χ1) is 15.8. The van der Waals surface area contributed by atoms with E-state index < -0.39 is 16.9 Å². The maximum atomic E-state index is 12.5. The zero-order valence-electron chi connectivity index (χ0n) is 18.2. The molecule has 33 heavy (non-hydrogen) atoms. The van der Waals surface area contributed by atoms with Gasteiger partial charge in [0.25, 0.3) is 0 Å². The molecule has 0 fully saturated rings. The number of nitro groups is 1. The van der Waals surface area contributed by atoms with Crippen molar-refractivity contribution in [1.29, 1.82) is 0 Å². The highest BCUT2D eigenvalue weighted by molar-refractivity contribution is 5.95. The summed E-state index contributed by atoms with van der Waals surface area (Å²) in [6.07, 6.45) is 0.905. The molecule has 1 N–H and O–H groups in total. The number of esters is 1. The number of carbonyl (C=O) groups excluding carboxylic acids is 1. The monoisotopic (exact) mass is 449 g/mol. The van der Waals surface area contributed by atoms with E-state index in [9.17, 15) is 24.8 Å². The van der Waals surface area contributed by atoms with Crippen LogP contribution >= 0.6 is 0 Å². The van der Waals surface area contributed by atoms with Crippen molar-refractivity contribution in [3.63, 3.8) is 0 Å². The molecule has 1 unspecified atom stereocenters. The van der Waals surface area contributed by atoms with Crippen LogP contribution in [-0.4, -0.2) is 28.6 Å². The minimum absolute atomic E-state index is 0.0531. The zero-order valence-corrected chi connectivity index (χ0v) is 18.2. The molecule has 170 valence electrons. The molecule has 8 heteroatoms. The van der Waals surface area contributed by atoms with Crippen LogP contribution in [0.2, 0.25) is 0 Å². The lowest BCUT2D eigenvalue weighted by Gasteiger charge is -2.12. The van der Waals surface area contributed by atoms with E-state index in [0.29, 0.717) is 17.7 Å². The molecule has 0 amide bonds. The van der Waals surface area contributed by atoms with Gasteiger partial charge in [-0.3, -0.25) is 10.1 Å². The summed E-state index contributed by atoms with van der Waals surface area (Å²) in [4.78, 5) is 34.8. The van der Waals surface area contributed by atoms with Crippen molar-refractivity contribution in [1.82, 2.24) is 0 Å². The van der Waals surface area contributed by atoms with Gasteiger partial charge in [0.1, 0.15) is 11.3 Å². The molecular weight excluding hydrogens is 426 g/mol. The lowest BCUT2D eigenvalue weighted by molar-refractivity contribution is -0.385. The Hall–Kier alpha value is -4.20. The standard InChI is InChI=1S/C25H23NO7/c1-3-16(2)15-32-23-13-12-19(14-21(23)26(30)31)17-8-10-18(11-9-17)25(29)33-22-7-5-4-6-20(22)24(27)28/h4-14,16H,3,15H2,1-2H3,(H,27,28). The summed E-state index contributed by atoms with van der Waals surface area (Å²) in [6, 6.07) is 16.9. The van der Waals surface area contributed by atoms with Gasteiger partial charge in [-0.15, -0.1) is 0 Å². The summed E-state index contributed by atoms with van der Waals surface area (Å²) < 4.78 is 10.9. The highest BCUT2D eigenvalue weighted by Crippen LogP contribution is 2.33. The van der Waals surface area contributed by atoms with E-state index in [1.54, 1.807) is 30.3 Å². The van der Waals surface area contributed by atoms with Gasteiger partial charge in [0, 0.05) is 6.07 Å². The summed E-state index contributed by atoms with van der Waals surface area (Å²) in [6.45, 7) is 4.42. The quantitative estimate of drug-likeness (QED) is 0.195. The van der Waals surface area contributed by atoms with Gasteiger partial charge in [-0.05, 0) is 47.4 Å². The number of hydrogen-bond acceptors (Lipinski definition) is 6. The normalized spacial score (nSPS) is 11.5. The molecule has 0 heterocycles. The van der Waals surface area contributed by atoms with Crippen molar-refractivity contribution in [2.75, 3.05) is 6.61 Å². The van der Waals surface area contributed by atoms with Gasteiger partial charge in [0.15, 0.2) is 5.75 Å². The van der Waals surface area contributed by atoms with Gasteiger partial charge in [0.05, 0.1) is 17.1 Å². The van der Waals surface area contributed by atoms with E-state index in [2.05, 4.69) is 0 Å². The van der Waals surface area contributed by atoms with Crippen molar-refractivity contribution in [3.05, 3.63) is 88.0 Å². The second-order valence-corrected chi connectivity index (χ2v) is 7.53. The third-order valence-corrected chi connectivity index (χ3v) is 5.15.